The van der Waals surface area contributed by atoms with Crippen molar-refractivity contribution in [1.29, 1.82) is 5.26 Å². The average molecular weight is 234 g/mol. The molecule has 0 fully saturated rings. The van der Waals surface area contributed by atoms with Crippen molar-refractivity contribution in [2.75, 3.05) is 0 Å². The number of nitrogens with zero attached hydrogens (tertiary/aromatic N) is 2. The summed E-state index contributed by atoms with van der Waals surface area (Å²) in [6.07, 6.45) is 0.845. The molecule has 0 amide bonds. The monoisotopic (exact) mass is 234 g/mol. The number of benzene rings is 2. The molecule has 3 aromatic rings. The molecule has 0 N–H and O–H groups in total. The van der Waals surface area contributed by atoms with E-state index in [9.17, 15) is 4.79 Å². The number of rotatable bonds is 1. The molecule has 0 aliphatic heterocycles. The van der Waals surface area contributed by atoms with E-state index in [2.05, 4.69) is 6.07 Å². The van der Waals surface area contributed by atoms with Crippen LogP contribution in [-0.2, 0) is 7.05 Å². The quantitative estimate of drug-likeness (QED) is 0.607. The van der Waals surface area contributed by atoms with Crippen LogP contribution in [0.2, 0.25) is 0 Å². The van der Waals surface area contributed by atoms with Gasteiger partial charge in [-0.25, -0.2) is 0 Å². The summed E-state index contributed by atoms with van der Waals surface area (Å²) in [5.41, 5.74) is 3.38. The van der Waals surface area contributed by atoms with E-state index in [0.29, 0.717) is 11.1 Å². The number of carbonyl (C=O) groups is 1. The zero-order chi connectivity index (χ0) is 12.7. The summed E-state index contributed by atoms with van der Waals surface area (Å²) in [6.45, 7) is 0. The standard InChI is InChI=1S/C15H10N2O/c1-17-14-5-3-10(8-16)6-13(14)12-4-2-11(9-18)7-15(12)17/h2-7,9H,1H3. The third-order valence-electron chi connectivity index (χ3n) is 3.30. The van der Waals surface area contributed by atoms with E-state index >= 15 is 0 Å². The van der Waals surface area contributed by atoms with Crippen LogP contribution >= 0.6 is 0 Å². The molecule has 0 spiro atoms. The molecular formula is C15H10N2O. The highest BCUT2D eigenvalue weighted by Gasteiger charge is 2.09. The Morgan fingerprint density at radius 1 is 1.11 bits per heavy atom. The summed E-state index contributed by atoms with van der Waals surface area (Å²) in [4.78, 5) is 10.8. The lowest BCUT2D eigenvalue weighted by atomic mass is 10.1. The second-order valence-corrected chi connectivity index (χ2v) is 4.30. The first kappa shape index (κ1) is 10.5. The summed E-state index contributed by atoms with van der Waals surface area (Å²) >= 11 is 0. The predicted octanol–water partition coefficient (Wildman–Crippen LogP) is 3.02. The summed E-state index contributed by atoms with van der Waals surface area (Å²) in [6, 6.07) is 13.4. The van der Waals surface area contributed by atoms with Gasteiger partial charge in [-0.1, -0.05) is 12.1 Å². The van der Waals surface area contributed by atoms with Crippen molar-refractivity contribution in [3.63, 3.8) is 0 Å². The minimum Gasteiger partial charge on any atom is -0.344 e. The van der Waals surface area contributed by atoms with Gasteiger partial charge in [0.1, 0.15) is 6.29 Å². The SMILES string of the molecule is Cn1c2ccc(C#N)cc2c2ccc(C=O)cc21. The van der Waals surface area contributed by atoms with Crippen LogP contribution in [0.15, 0.2) is 36.4 Å². The van der Waals surface area contributed by atoms with Crippen molar-refractivity contribution >= 4 is 28.1 Å². The highest BCUT2D eigenvalue weighted by Crippen LogP contribution is 2.29. The zero-order valence-corrected chi connectivity index (χ0v) is 9.84. The van der Waals surface area contributed by atoms with Crippen LogP contribution in [-0.4, -0.2) is 10.9 Å². The van der Waals surface area contributed by atoms with E-state index < -0.39 is 0 Å². The molecule has 0 saturated carbocycles. The summed E-state index contributed by atoms with van der Waals surface area (Å²) in [7, 11) is 1.96. The summed E-state index contributed by atoms with van der Waals surface area (Å²) < 4.78 is 2.04. The minimum atomic E-state index is 0.648. The number of aryl methyl sites for hydroxylation is 1. The molecule has 0 aliphatic carbocycles. The zero-order valence-electron chi connectivity index (χ0n) is 9.84. The smallest absolute Gasteiger partial charge is 0.150 e. The highest BCUT2D eigenvalue weighted by atomic mass is 16.1. The number of carbonyl (C=O) groups excluding carboxylic acids is 1. The molecule has 3 nitrogen and oxygen atoms in total. The number of fused-ring (bicyclic) bond motifs is 3. The van der Waals surface area contributed by atoms with Gasteiger partial charge in [-0.05, 0) is 24.3 Å². The Bertz CT molecular complexity index is 822. The van der Waals surface area contributed by atoms with Crippen molar-refractivity contribution in [3.8, 4) is 6.07 Å². The van der Waals surface area contributed by atoms with Gasteiger partial charge in [0.25, 0.3) is 0 Å². The van der Waals surface area contributed by atoms with Crippen molar-refractivity contribution in [2.24, 2.45) is 7.05 Å². The molecule has 3 rings (SSSR count). The van der Waals surface area contributed by atoms with Crippen LogP contribution in [0.5, 0.6) is 0 Å². The molecule has 1 aromatic heterocycles. The Kier molecular flexibility index (Phi) is 2.17. The molecule has 86 valence electrons. The third-order valence-corrected chi connectivity index (χ3v) is 3.30. The normalized spacial score (nSPS) is 10.7. The fourth-order valence-corrected chi connectivity index (χ4v) is 2.37. The first-order chi connectivity index (χ1) is 8.74. The molecule has 1 heterocycles. The van der Waals surface area contributed by atoms with E-state index in [1.807, 2.05) is 41.9 Å². The van der Waals surface area contributed by atoms with Crippen molar-refractivity contribution < 1.29 is 4.79 Å². The Morgan fingerprint density at radius 2 is 1.94 bits per heavy atom. The Balaban J connectivity index is 2.50. The second-order valence-electron chi connectivity index (χ2n) is 4.30. The number of aldehydes is 1. The van der Waals surface area contributed by atoms with Gasteiger partial charge in [-0.2, -0.15) is 5.26 Å². The van der Waals surface area contributed by atoms with Crippen LogP contribution in [0.25, 0.3) is 21.8 Å². The molecule has 0 saturated heterocycles. The lowest BCUT2D eigenvalue weighted by Crippen LogP contribution is -1.87. The maximum absolute atomic E-state index is 10.8. The third kappa shape index (κ3) is 1.33. The first-order valence-electron chi connectivity index (χ1n) is 5.62. The molecule has 18 heavy (non-hydrogen) atoms. The number of aromatic nitrogens is 1. The molecule has 0 bridgehead atoms. The van der Waals surface area contributed by atoms with Crippen LogP contribution in [0, 0.1) is 11.3 Å². The summed E-state index contributed by atoms with van der Waals surface area (Å²) in [5.74, 6) is 0. The lowest BCUT2D eigenvalue weighted by Gasteiger charge is -1.97. The van der Waals surface area contributed by atoms with E-state index in [-0.39, 0.29) is 0 Å². The van der Waals surface area contributed by atoms with Gasteiger partial charge in [0.2, 0.25) is 0 Å². The van der Waals surface area contributed by atoms with Gasteiger partial charge < -0.3 is 4.57 Å². The van der Waals surface area contributed by atoms with E-state index in [0.717, 1.165) is 28.1 Å². The topological polar surface area (TPSA) is 45.8 Å². The average Bonchev–Trinajstić information content (AvgIpc) is 2.71. The van der Waals surface area contributed by atoms with E-state index in [1.165, 1.54) is 0 Å². The Hall–Kier alpha value is -2.60. The van der Waals surface area contributed by atoms with Crippen molar-refractivity contribution in [2.45, 2.75) is 0 Å². The molecule has 2 aromatic carbocycles. The van der Waals surface area contributed by atoms with E-state index in [1.54, 1.807) is 6.07 Å². The Morgan fingerprint density at radius 3 is 2.67 bits per heavy atom. The molecule has 0 radical (unpaired) electrons. The van der Waals surface area contributed by atoms with Gasteiger partial charge in [-0.3, -0.25) is 4.79 Å². The fourth-order valence-electron chi connectivity index (χ4n) is 2.37. The van der Waals surface area contributed by atoms with Crippen LogP contribution in [0.3, 0.4) is 0 Å². The minimum absolute atomic E-state index is 0.648. The number of nitriles is 1. The second kappa shape index (κ2) is 3.71. The van der Waals surface area contributed by atoms with Gasteiger partial charge in [-0.15, -0.1) is 0 Å². The molecular weight excluding hydrogens is 224 g/mol. The Labute approximate surface area is 104 Å². The van der Waals surface area contributed by atoms with Gasteiger partial charge in [0, 0.05) is 34.4 Å². The highest BCUT2D eigenvalue weighted by molar-refractivity contribution is 6.09. The molecule has 0 aliphatic rings. The number of hydrogen-bond acceptors (Lipinski definition) is 2. The predicted molar refractivity (Wildman–Crippen MR) is 70.5 cm³/mol. The van der Waals surface area contributed by atoms with Gasteiger partial charge in [0.05, 0.1) is 11.6 Å². The van der Waals surface area contributed by atoms with Crippen LogP contribution in [0.1, 0.15) is 15.9 Å². The van der Waals surface area contributed by atoms with Gasteiger partial charge >= 0.3 is 0 Å². The molecule has 3 heteroatoms. The maximum atomic E-state index is 10.8. The van der Waals surface area contributed by atoms with Crippen molar-refractivity contribution in [1.82, 2.24) is 4.57 Å². The lowest BCUT2D eigenvalue weighted by molar-refractivity contribution is 0.112. The van der Waals surface area contributed by atoms with Crippen molar-refractivity contribution in [3.05, 3.63) is 47.5 Å². The molecule has 0 atom stereocenters. The fraction of sp³-hybridized carbons (Fsp3) is 0.0667. The summed E-state index contributed by atoms with van der Waals surface area (Å²) in [5, 5.41) is 11.1. The molecule has 0 unspecified atom stereocenters. The van der Waals surface area contributed by atoms with Gasteiger partial charge in [0.15, 0.2) is 0 Å². The van der Waals surface area contributed by atoms with Crippen LogP contribution in [0.4, 0.5) is 0 Å². The number of hydrogen-bond donors (Lipinski definition) is 0. The van der Waals surface area contributed by atoms with Crippen LogP contribution < -0.4 is 0 Å². The maximum Gasteiger partial charge on any atom is 0.150 e. The largest absolute Gasteiger partial charge is 0.344 e. The van der Waals surface area contributed by atoms with E-state index in [4.69, 9.17) is 5.26 Å². The first-order valence-corrected chi connectivity index (χ1v) is 5.62.